The second-order valence-corrected chi connectivity index (χ2v) is 4.64. The third-order valence-corrected chi connectivity index (χ3v) is 3.45. The number of carbonyl (C=O) groups excluding carboxylic acids is 1. The van der Waals surface area contributed by atoms with Crippen molar-refractivity contribution in [1.82, 2.24) is 5.32 Å². The monoisotopic (exact) mass is 243 g/mol. The van der Waals surface area contributed by atoms with Crippen LogP contribution in [0.5, 0.6) is 0 Å². The molecule has 1 heterocycles. The highest BCUT2D eigenvalue weighted by atomic mass is 32.1. The van der Waals surface area contributed by atoms with Crippen molar-refractivity contribution in [3.8, 4) is 0 Å². The third-order valence-electron chi connectivity index (χ3n) is 2.88. The van der Waals surface area contributed by atoms with Crippen LogP contribution >= 0.6 is 12.2 Å². The maximum atomic E-state index is 11.2. The van der Waals surface area contributed by atoms with Gasteiger partial charge in [0.25, 0.3) is 0 Å². The van der Waals surface area contributed by atoms with E-state index in [1.807, 2.05) is 0 Å². The van der Waals surface area contributed by atoms with Gasteiger partial charge in [-0.05, 0) is 19.8 Å². The molecule has 0 spiro atoms. The van der Waals surface area contributed by atoms with Crippen LogP contribution < -0.4 is 5.32 Å². The van der Waals surface area contributed by atoms with E-state index < -0.39 is 5.97 Å². The molecule has 16 heavy (non-hydrogen) atoms. The predicted molar refractivity (Wildman–Crippen MR) is 64.7 cm³/mol. The van der Waals surface area contributed by atoms with Gasteiger partial charge in [-0.3, -0.25) is 9.59 Å². The molecule has 90 valence electrons. The Hall–Kier alpha value is -0.810. The lowest BCUT2D eigenvalue weighted by atomic mass is 9.98. The fourth-order valence-electron chi connectivity index (χ4n) is 1.92. The van der Waals surface area contributed by atoms with Crippen LogP contribution in [0.4, 0.5) is 0 Å². The molecule has 0 aromatic carbocycles. The molecule has 1 saturated heterocycles. The highest BCUT2D eigenvalue weighted by Crippen LogP contribution is 2.17. The highest BCUT2D eigenvalue weighted by Gasteiger charge is 2.32. The zero-order valence-corrected chi connectivity index (χ0v) is 10.2. The second kappa shape index (κ2) is 6.06. The molecular weight excluding hydrogens is 226 g/mol. The maximum absolute atomic E-state index is 11.2. The fourth-order valence-corrected chi connectivity index (χ4v) is 2.37. The first-order valence-corrected chi connectivity index (χ1v) is 5.92. The molecule has 1 fully saturated rings. The van der Waals surface area contributed by atoms with Crippen molar-refractivity contribution in [3.63, 3.8) is 0 Å². The van der Waals surface area contributed by atoms with Crippen molar-refractivity contribution >= 4 is 28.8 Å². The average molecular weight is 243 g/mol. The van der Waals surface area contributed by atoms with Crippen molar-refractivity contribution in [2.45, 2.75) is 38.6 Å². The number of ketones is 1. The molecule has 0 radical (unpaired) electrons. The minimum absolute atomic E-state index is 0.109. The summed E-state index contributed by atoms with van der Waals surface area (Å²) in [6.45, 7) is 2.20. The smallest absolute Gasteiger partial charge is 0.303 e. The van der Waals surface area contributed by atoms with E-state index in [1.165, 1.54) is 0 Å². The minimum atomic E-state index is -0.761. The number of hydrogen-bond acceptors (Lipinski definition) is 4. The van der Waals surface area contributed by atoms with Crippen LogP contribution in [-0.4, -0.2) is 34.3 Å². The van der Waals surface area contributed by atoms with Crippen LogP contribution in [0.25, 0.3) is 0 Å². The van der Waals surface area contributed by atoms with Crippen LogP contribution in [0.3, 0.4) is 0 Å². The average Bonchev–Trinajstić information content (AvgIpc) is 2.54. The Kier molecular flexibility index (Phi) is 5.02. The van der Waals surface area contributed by atoms with E-state index in [2.05, 4.69) is 5.32 Å². The Labute approximate surface area is 100 Å². The summed E-state index contributed by atoms with van der Waals surface area (Å²) >= 11 is 5.24. The lowest BCUT2D eigenvalue weighted by molar-refractivity contribution is -0.137. The third kappa shape index (κ3) is 3.64. The molecule has 0 amide bonds. The van der Waals surface area contributed by atoms with Gasteiger partial charge < -0.3 is 10.4 Å². The number of unbranched alkanes of at least 4 members (excludes halogenated alkanes) is 1. The maximum Gasteiger partial charge on any atom is 0.303 e. The Morgan fingerprint density at radius 2 is 2.19 bits per heavy atom. The van der Waals surface area contributed by atoms with Gasteiger partial charge in [-0.25, -0.2) is 0 Å². The van der Waals surface area contributed by atoms with E-state index in [1.54, 1.807) is 6.92 Å². The number of thiocarbonyl (C=S) groups is 1. The van der Waals surface area contributed by atoms with Gasteiger partial charge >= 0.3 is 5.97 Å². The number of nitrogens with one attached hydrogen (secondary N) is 1. The van der Waals surface area contributed by atoms with Gasteiger partial charge in [0.1, 0.15) is 5.78 Å². The second-order valence-electron chi connectivity index (χ2n) is 4.17. The Bertz CT molecular complexity index is 304. The Morgan fingerprint density at radius 3 is 2.69 bits per heavy atom. The van der Waals surface area contributed by atoms with E-state index in [0.29, 0.717) is 13.0 Å². The lowest BCUT2D eigenvalue weighted by Crippen LogP contribution is -2.26. The van der Waals surface area contributed by atoms with Crippen molar-refractivity contribution in [1.29, 1.82) is 0 Å². The van der Waals surface area contributed by atoms with Crippen LogP contribution in [-0.2, 0) is 9.59 Å². The summed E-state index contributed by atoms with van der Waals surface area (Å²) in [6, 6.07) is 0.109. The summed E-state index contributed by atoms with van der Waals surface area (Å²) < 4.78 is 0. The lowest BCUT2D eigenvalue weighted by Gasteiger charge is -2.10. The summed E-state index contributed by atoms with van der Waals surface area (Å²) in [5, 5.41) is 11.7. The standard InChI is InChI=1S/C11H17NO3S/c1-7(13)8-6-12-9(11(8)16)4-2-3-5-10(14)15/h8-9,12H,2-6H2,1H3,(H,14,15). The number of aliphatic carboxylic acids is 1. The van der Waals surface area contributed by atoms with Crippen molar-refractivity contribution in [2.75, 3.05) is 6.54 Å². The van der Waals surface area contributed by atoms with E-state index in [-0.39, 0.29) is 24.2 Å². The SMILES string of the molecule is CC(=O)C1CNC(CCCCC(=O)O)C1=S. The highest BCUT2D eigenvalue weighted by molar-refractivity contribution is 7.80. The summed E-state index contributed by atoms with van der Waals surface area (Å²) in [6.07, 6.45) is 2.53. The van der Waals surface area contributed by atoms with Crippen molar-refractivity contribution in [2.24, 2.45) is 5.92 Å². The molecule has 4 nitrogen and oxygen atoms in total. The van der Waals surface area contributed by atoms with Crippen LogP contribution in [0, 0.1) is 5.92 Å². The first-order valence-electron chi connectivity index (χ1n) is 5.51. The molecule has 2 unspecified atom stereocenters. The Balaban J connectivity index is 2.27. The van der Waals surface area contributed by atoms with E-state index in [9.17, 15) is 9.59 Å². The topological polar surface area (TPSA) is 66.4 Å². The summed E-state index contributed by atoms with van der Waals surface area (Å²) in [7, 11) is 0. The van der Waals surface area contributed by atoms with Crippen LogP contribution in [0.2, 0.25) is 0 Å². The first-order chi connectivity index (χ1) is 7.52. The normalized spacial score (nSPS) is 24.7. The fraction of sp³-hybridized carbons (Fsp3) is 0.727. The van der Waals surface area contributed by atoms with Crippen molar-refractivity contribution < 1.29 is 14.7 Å². The predicted octanol–water partition coefficient (Wildman–Crippen LogP) is 1.18. The molecule has 0 bridgehead atoms. The largest absolute Gasteiger partial charge is 0.481 e. The molecule has 2 N–H and O–H groups in total. The van der Waals surface area contributed by atoms with Crippen molar-refractivity contribution in [3.05, 3.63) is 0 Å². The molecule has 1 aliphatic heterocycles. The molecular formula is C11H17NO3S. The number of rotatable bonds is 6. The molecule has 1 aliphatic rings. The van der Waals surface area contributed by atoms with Gasteiger partial charge in [0, 0.05) is 23.9 Å². The number of carboxylic acid groups (broad SMARTS) is 1. The molecule has 1 rings (SSSR count). The van der Waals surface area contributed by atoms with Gasteiger partial charge in [-0.2, -0.15) is 0 Å². The molecule has 0 aliphatic carbocycles. The molecule has 2 atom stereocenters. The van der Waals surface area contributed by atoms with E-state index >= 15 is 0 Å². The molecule has 0 saturated carbocycles. The zero-order valence-electron chi connectivity index (χ0n) is 9.36. The van der Waals surface area contributed by atoms with E-state index in [0.717, 1.165) is 17.7 Å². The molecule has 5 heteroatoms. The van der Waals surface area contributed by atoms with Gasteiger partial charge in [0.05, 0.1) is 5.92 Å². The van der Waals surface area contributed by atoms with Gasteiger partial charge in [-0.1, -0.05) is 18.6 Å². The quantitative estimate of drug-likeness (QED) is 0.541. The summed E-state index contributed by atoms with van der Waals surface area (Å²) in [5.74, 6) is -0.770. The first kappa shape index (κ1) is 13.3. The number of carbonyl (C=O) groups is 2. The van der Waals surface area contributed by atoms with Crippen LogP contribution in [0.15, 0.2) is 0 Å². The van der Waals surface area contributed by atoms with Gasteiger partial charge in [0.15, 0.2) is 0 Å². The minimum Gasteiger partial charge on any atom is -0.481 e. The van der Waals surface area contributed by atoms with Gasteiger partial charge in [0.2, 0.25) is 0 Å². The number of Topliss-reactive ketones (excluding diaryl/α,β-unsaturated/α-hetero) is 1. The Morgan fingerprint density at radius 1 is 1.50 bits per heavy atom. The zero-order chi connectivity index (χ0) is 12.1. The molecule has 0 aromatic rings. The number of carboxylic acids is 1. The van der Waals surface area contributed by atoms with Crippen LogP contribution in [0.1, 0.15) is 32.6 Å². The number of hydrogen-bond donors (Lipinski definition) is 2. The van der Waals surface area contributed by atoms with Gasteiger partial charge in [-0.15, -0.1) is 0 Å². The van der Waals surface area contributed by atoms with E-state index in [4.69, 9.17) is 17.3 Å². The summed E-state index contributed by atoms with van der Waals surface area (Å²) in [5.41, 5.74) is 0. The summed E-state index contributed by atoms with van der Waals surface area (Å²) in [4.78, 5) is 22.3. The molecule has 0 aromatic heterocycles.